The molecule has 4 heterocycles. The zero-order valence-corrected chi connectivity index (χ0v) is 27.8. The van der Waals surface area contributed by atoms with Gasteiger partial charge in [0.25, 0.3) is 0 Å². The second kappa shape index (κ2) is 13.0. The number of hydrogen-bond donors (Lipinski definition) is 4. The van der Waals surface area contributed by atoms with Crippen molar-refractivity contribution >= 4 is 33.9 Å². The third kappa shape index (κ3) is 6.41. The van der Waals surface area contributed by atoms with Gasteiger partial charge in [-0.3, -0.25) is 14.9 Å². The number of nitriles is 1. The van der Waals surface area contributed by atoms with Crippen LogP contribution in [0.4, 0.5) is 11.4 Å². The summed E-state index contributed by atoms with van der Waals surface area (Å²) in [5.74, 6) is 0.860. The lowest BCUT2D eigenvalue weighted by Crippen LogP contribution is -2.52. The predicted octanol–water partition coefficient (Wildman–Crippen LogP) is 7.28. The summed E-state index contributed by atoms with van der Waals surface area (Å²) in [6.45, 7) is 9.60. The van der Waals surface area contributed by atoms with Crippen molar-refractivity contribution in [1.82, 2.24) is 25.9 Å². The average molecular weight is 649 g/mol. The van der Waals surface area contributed by atoms with Crippen molar-refractivity contribution in [3.8, 4) is 11.8 Å². The lowest BCUT2D eigenvalue weighted by molar-refractivity contribution is 0.0570. The number of rotatable bonds is 7. The molecule has 1 fully saturated rings. The highest BCUT2D eigenvalue weighted by atomic mass is 35.5. The molecule has 4 aromatic rings. The minimum absolute atomic E-state index is 0.0229. The van der Waals surface area contributed by atoms with Gasteiger partial charge in [0.2, 0.25) is 0 Å². The van der Waals surface area contributed by atoms with E-state index < -0.39 is 0 Å². The molecule has 0 spiro atoms. The van der Waals surface area contributed by atoms with E-state index in [1.165, 1.54) is 0 Å². The first-order valence-corrected chi connectivity index (χ1v) is 16.7. The number of anilines is 2. The molecule has 1 aromatic heterocycles. The van der Waals surface area contributed by atoms with Crippen LogP contribution in [0.1, 0.15) is 68.8 Å². The Kier molecular flexibility index (Phi) is 8.58. The fraction of sp³-hybridized carbons (Fsp3) is 0.351. The van der Waals surface area contributed by atoms with Crippen LogP contribution in [-0.2, 0) is 0 Å². The third-order valence-electron chi connectivity index (χ3n) is 9.49. The van der Waals surface area contributed by atoms with Gasteiger partial charge < -0.3 is 20.8 Å². The maximum atomic E-state index is 10.1. The second-order valence-corrected chi connectivity index (χ2v) is 13.9. The van der Waals surface area contributed by atoms with Crippen LogP contribution in [-0.4, -0.2) is 46.2 Å². The van der Waals surface area contributed by atoms with Crippen molar-refractivity contribution in [3.05, 3.63) is 107 Å². The number of aromatic nitrogens is 1. The predicted molar refractivity (Wildman–Crippen MR) is 188 cm³/mol. The molecule has 0 saturated carbocycles. The van der Waals surface area contributed by atoms with Crippen molar-refractivity contribution in [3.63, 3.8) is 0 Å². The molecule has 3 aliphatic heterocycles. The number of hydrazine groups is 2. The Morgan fingerprint density at radius 2 is 1.81 bits per heavy atom. The SMILES string of the molecule is CC(C)(C)N1CCC(N2C=C([C@@H](Nc3cc(Cl)c4ncc(C#N)c(NC5CCOc6ccccc65)c4c3)c3ccccc3)NN2)CC1. The van der Waals surface area contributed by atoms with Crippen LogP contribution in [0.2, 0.25) is 5.02 Å². The zero-order valence-electron chi connectivity index (χ0n) is 27.1. The van der Waals surface area contributed by atoms with E-state index in [1.54, 1.807) is 6.20 Å². The largest absolute Gasteiger partial charge is 0.493 e. The minimum atomic E-state index is -0.192. The molecule has 7 rings (SSSR count). The Hall–Kier alpha value is -4.49. The summed E-state index contributed by atoms with van der Waals surface area (Å²) in [4.78, 5) is 7.16. The Bertz CT molecular complexity index is 1820. The molecule has 0 aliphatic carbocycles. The zero-order chi connectivity index (χ0) is 32.5. The lowest BCUT2D eigenvalue weighted by atomic mass is 9.97. The van der Waals surface area contributed by atoms with Gasteiger partial charge in [-0.2, -0.15) is 5.26 Å². The van der Waals surface area contributed by atoms with E-state index in [1.807, 2.05) is 36.4 Å². The smallest absolute Gasteiger partial charge is 0.124 e. The van der Waals surface area contributed by atoms with E-state index in [4.69, 9.17) is 16.3 Å². The van der Waals surface area contributed by atoms with E-state index >= 15 is 0 Å². The quantitative estimate of drug-likeness (QED) is 0.165. The third-order valence-corrected chi connectivity index (χ3v) is 9.78. The molecule has 1 saturated heterocycles. The molecule has 2 atom stereocenters. The first-order valence-electron chi connectivity index (χ1n) is 16.4. The summed E-state index contributed by atoms with van der Waals surface area (Å²) >= 11 is 6.92. The fourth-order valence-corrected chi connectivity index (χ4v) is 7.17. The molecule has 242 valence electrons. The normalized spacial score (nSPS) is 19.3. The highest BCUT2D eigenvalue weighted by Gasteiger charge is 2.32. The van der Waals surface area contributed by atoms with E-state index in [0.717, 1.165) is 66.0 Å². The summed E-state index contributed by atoms with van der Waals surface area (Å²) in [6, 6.07) is 24.9. The van der Waals surface area contributed by atoms with Crippen LogP contribution in [0.3, 0.4) is 0 Å². The summed E-state index contributed by atoms with van der Waals surface area (Å²) in [5, 5.41) is 21.1. The number of ether oxygens (including phenoxy) is 1. The van der Waals surface area contributed by atoms with Crippen LogP contribution in [0.15, 0.2) is 84.8 Å². The molecule has 3 aromatic carbocycles. The number of halogens is 1. The fourth-order valence-electron chi connectivity index (χ4n) is 6.90. The van der Waals surface area contributed by atoms with Crippen molar-refractivity contribution in [2.75, 3.05) is 30.3 Å². The van der Waals surface area contributed by atoms with Crippen LogP contribution in [0.5, 0.6) is 5.75 Å². The van der Waals surface area contributed by atoms with Crippen LogP contribution in [0, 0.1) is 11.3 Å². The molecule has 47 heavy (non-hydrogen) atoms. The van der Waals surface area contributed by atoms with Gasteiger partial charge in [0.15, 0.2) is 0 Å². The number of para-hydroxylation sites is 1. The van der Waals surface area contributed by atoms with Gasteiger partial charge in [-0.15, -0.1) is 5.53 Å². The van der Waals surface area contributed by atoms with Crippen LogP contribution >= 0.6 is 11.6 Å². The van der Waals surface area contributed by atoms with Gasteiger partial charge in [-0.25, -0.2) is 0 Å². The number of nitrogens with one attached hydrogen (secondary N) is 4. The number of pyridine rings is 1. The van der Waals surface area contributed by atoms with Gasteiger partial charge in [0.05, 0.1) is 46.2 Å². The Morgan fingerprint density at radius 1 is 1.04 bits per heavy atom. The van der Waals surface area contributed by atoms with Gasteiger partial charge in [0, 0.05) is 60.1 Å². The topological polar surface area (TPSA) is 101 Å². The molecule has 3 aliphatic rings. The lowest BCUT2D eigenvalue weighted by Gasteiger charge is -2.42. The van der Waals surface area contributed by atoms with Gasteiger partial charge in [-0.1, -0.05) is 60.1 Å². The number of nitrogens with zero attached hydrogens (tertiary/aromatic N) is 4. The monoisotopic (exact) mass is 648 g/mol. The van der Waals surface area contributed by atoms with Gasteiger partial charge in [0.1, 0.15) is 11.8 Å². The van der Waals surface area contributed by atoms with Crippen molar-refractivity contribution < 1.29 is 4.74 Å². The van der Waals surface area contributed by atoms with Crippen molar-refractivity contribution in [1.29, 1.82) is 5.26 Å². The Labute approximate surface area is 281 Å². The van der Waals surface area contributed by atoms with E-state index in [9.17, 15) is 5.26 Å². The summed E-state index contributed by atoms with van der Waals surface area (Å²) < 4.78 is 5.90. The molecule has 10 heteroatoms. The maximum absolute atomic E-state index is 10.1. The molecule has 0 amide bonds. The summed E-state index contributed by atoms with van der Waals surface area (Å²) in [6.07, 6.45) is 6.73. The molecule has 4 N–H and O–H groups in total. The van der Waals surface area contributed by atoms with Gasteiger partial charge in [-0.05, 0) is 57.4 Å². The maximum Gasteiger partial charge on any atom is 0.124 e. The molecular weight excluding hydrogens is 608 g/mol. The van der Waals surface area contributed by atoms with Crippen LogP contribution < -0.4 is 26.3 Å². The molecule has 1 unspecified atom stereocenters. The molecule has 0 bridgehead atoms. The highest BCUT2D eigenvalue weighted by molar-refractivity contribution is 6.35. The highest BCUT2D eigenvalue weighted by Crippen LogP contribution is 2.40. The van der Waals surface area contributed by atoms with E-state index in [2.05, 4.69) is 99.9 Å². The molecular formula is C37H41ClN8O. The average Bonchev–Trinajstić information content (AvgIpc) is 3.58. The number of likely N-dealkylation sites (tertiary alicyclic amines) is 1. The molecule has 9 nitrogen and oxygen atoms in total. The summed E-state index contributed by atoms with van der Waals surface area (Å²) in [5.41, 5.74) is 12.9. The standard InChI is InChI=1S/C37H41ClN8O/c1-37(2,3)45-16-13-27(14-17-45)46-23-32(43-44-46)35(24-9-5-4-6-10-24)41-26-19-29-34(25(21-39)22-40-36(29)30(38)20-26)42-31-15-18-47-33-12-8-7-11-28(31)33/h4-12,19-20,22-23,27,31,35,41,43-44H,13-18H2,1-3H3,(H,40,42)/t31?,35-/m0/s1. The summed E-state index contributed by atoms with van der Waals surface area (Å²) in [7, 11) is 0. The van der Waals surface area contributed by atoms with E-state index in [-0.39, 0.29) is 17.6 Å². The first kappa shape index (κ1) is 31.1. The number of fused-ring (bicyclic) bond motifs is 2. The van der Waals surface area contributed by atoms with Crippen molar-refractivity contribution in [2.45, 2.75) is 63.7 Å². The Balaban J connectivity index is 1.20. The first-order chi connectivity index (χ1) is 22.8. The van der Waals surface area contributed by atoms with Crippen molar-refractivity contribution in [2.24, 2.45) is 0 Å². The van der Waals surface area contributed by atoms with Gasteiger partial charge >= 0.3 is 0 Å². The minimum Gasteiger partial charge on any atom is -0.493 e. The second-order valence-electron chi connectivity index (χ2n) is 13.5. The Morgan fingerprint density at radius 3 is 2.57 bits per heavy atom. The number of piperidine rings is 1. The van der Waals surface area contributed by atoms with E-state index in [0.29, 0.717) is 34.4 Å². The number of benzene rings is 3. The number of hydrogen-bond acceptors (Lipinski definition) is 9. The van der Waals surface area contributed by atoms with Crippen LogP contribution in [0.25, 0.3) is 10.9 Å². The molecule has 0 radical (unpaired) electrons.